The summed E-state index contributed by atoms with van der Waals surface area (Å²) in [5.74, 6) is -2.22. The molecule has 37 heavy (non-hydrogen) atoms. The molecule has 0 unspecified atom stereocenters. The highest BCUT2D eigenvalue weighted by Gasteiger charge is 2.28. The number of aromatic carboxylic acids is 1. The lowest BCUT2D eigenvalue weighted by Crippen LogP contribution is -2.30. The molecule has 9 nitrogen and oxygen atoms in total. The summed E-state index contributed by atoms with van der Waals surface area (Å²) in [4.78, 5) is 42.0. The number of carbonyl (C=O) groups is 3. The molecule has 5 rings (SSSR count). The van der Waals surface area contributed by atoms with Crippen molar-refractivity contribution in [2.45, 2.75) is 39.3 Å². The average Bonchev–Trinajstić information content (AvgIpc) is 3.51. The third kappa shape index (κ3) is 4.53. The molecular weight excluding hydrogens is 477 g/mol. The minimum absolute atomic E-state index is 0.0470. The molecule has 3 N–H and O–H groups in total. The van der Waals surface area contributed by atoms with Gasteiger partial charge in [-0.2, -0.15) is 5.10 Å². The van der Waals surface area contributed by atoms with Crippen molar-refractivity contribution in [3.63, 3.8) is 0 Å². The molecule has 4 aromatic rings. The number of carbonyl (C=O) groups excluding carboxylic acids is 2. The maximum atomic E-state index is 13.5. The third-order valence-corrected chi connectivity index (χ3v) is 6.73. The molecule has 2 heterocycles. The fourth-order valence-corrected chi connectivity index (χ4v) is 4.77. The molecule has 1 aliphatic rings. The van der Waals surface area contributed by atoms with Gasteiger partial charge in [0.15, 0.2) is 5.65 Å². The van der Waals surface area contributed by atoms with E-state index in [1.54, 1.807) is 44.2 Å². The second kappa shape index (κ2) is 9.45. The number of halogens is 1. The molecule has 0 aliphatic heterocycles. The van der Waals surface area contributed by atoms with Crippen molar-refractivity contribution in [3.05, 3.63) is 99.2 Å². The van der Waals surface area contributed by atoms with Gasteiger partial charge in [0.1, 0.15) is 17.2 Å². The number of benzene rings is 2. The van der Waals surface area contributed by atoms with Gasteiger partial charge in [-0.25, -0.2) is 18.7 Å². The lowest BCUT2D eigenvalue weighted by molar-refractivity contribution is 0.0695. The quantitative estimate of drug-likeness (QED) is 0.371. The van der Waals surface area contributed by atoms with Crippen molar-refractivity contribution in [2.24, 2.45) is 0 Å². The zero-order chi connectivity index (χ0) is 26.3. The first-order chi connectivity index (χ1) is 17.7. The summed E-state index contributed by atoms with van der Waals surface area (Å²) < 4.78 is 14.9. The zero-order valence-electron chi connectivity index (χ0n) is 20.2. The minimum atomic E-state index is -0.981. The lowest BCUT2D eigenvalue weighted by atomic mass is 9.98. The van der Waals surface area contributed by atoms with Crippen LogP contribution < -0.4 is 10.6 Å². The smallest absolute Gasteiger partial charge is 0.335 e. The van der Waals surface area contributed by atoms with E-state index in [0.29, 0.717) is 29.6 Å². The van der Waals surface area contributed by atoms with Crippen LogP contribution in [0.1, 0.15) is 71.6 Å². The maximum Gasteiger partial charge on any atom is 0.335 e. The van der Waals surface area contributed by atoms with Crippen LogP contribution >= 0.6 is 0 Å². The number of hydrogen-bond acceptors (Lipinski definition) is 5. The van der Waals surface area contributed by atoms with Crippen molar-refractivity contribution in [3.8, 4) is 0 Å². The number of hydrogen-bond donors (Lipinski definition) is 3. The van der Waals surface area contributed by atoms with Crippen molar-refractivity contribution >= 4 is 23.4 Å². The van der Waals surface area contributed by atoms with Crippen molar-refractivity contribution in [2.75, 3.05) is 0 Å². The first-order valence-corrected chi connectivity index (χ1v) is 11.8. The number of aryl methyl sites for hydroxylation is 1. The molecule has 10 heteroatoms. The van der Waals surface area contributed by atoms with Crippen LogP contribution in [-0.2, 0) is 13.0 Å². The van der Waals surface area contributed by atoms with Crippen LogP contribution in [0, 0.1) is 19.7 Å². The molecule has 0 spiro atoms. The van der Waals surface area contributed by atoms with Gasteiger partial charge in [-0.3, -0.25) is 9.59 Å². The summed E-state index contributed by atoms with van der Waals surface area (Å²) in [6.45, 7) is 3.60. The Bertz CT molecular complexity index is 1580. The zero-order valence-corrected chi connectivity index (χ0v) is 20.2. The van der Waals surface area contributed by atoms with Gasteiger partial charge in [0.25, 0.3) is 11.8 Å². The van der Waals surface area contributed by atoms with Gasteiger partial charge in [0, 0.05) is 18.7 Å². The van der Waals surface area contributed by atoms with E-state index in [9.17, 15) is 23.9 Å². The molecule has 188 valence electrons. The van der Waals surface area contributed by atoms with Crippen molar-refractivity contribution < 1.29 is 23.9 Å². The van der Waals surface area contributed by atoms with Crippen LogP contribution in [0.3, 0.4) is 0 Å². The van der Waals surface area contributed by atoms with E-state index in [1.807, 2.05) is 0 Å². The van der Waals surface area contributed by atoms with E-state index in [0.717, 1.165) is 16.7 Å². The molecule has 2 aromatic heterocycles. The van der Waals surface area contributed by atoms with Crippen LogP contribution in [0.2, 0.25) is 0 Å². The minimum Gasteiger partial charge on any atom is -0.478 e. The van der Waals surface area contributed by atoms with Crippen LogP contribution in [0.5, 0.6) is 0 Å². The van der Waals surface area contributed by atoms with Crippen LogP contribution in [-0.4, -0.2) is 37.5 Å². The number of amides is 2. The van der Waals surface area contributed by atoms with Gasteiger partial charge in [-0.05, 0) is 66.6 Å². The third-order valence-electron chi connectivity index (χ3n) is 6.73. The fourth-order valence-electron chi connectivity index (χ4n) is 4.77. The molecule has 0 saturated heterocycles. The van der Waals surface area contributed by atoms with E-state index in [-0.39, 0.29) is 35.4 Å². The summed E-state index contributed by atoms with van der Waals surface area (Å²) in [5, 5.41) is 19.3. The van der Waals surface area contributed by atoms with E-state index < -0.39 is 17.8 Å². The SMILES string of the molecule is Cc1cc(CNC(=O)c2cc(C(=O)N[C@H]3CCc4c3ccc(C(=O)O)c4C)n3nccc3n2)ccc1F. The molecular formula is C27H24FN5O4. The summed E-state index contributed by atoms with van der Waals surface area (Å²) in [7, 11) is 0. The number of carboxylic acids is 1. The number of carboxylic acid groups (broad SMARTS) is 1. The Morgan fingerprint density at radius 2 is 1.92 bits per heavy atom. The van der Waals surface area contributed by atoms with Crippen LogP contribution in [0.4, 0.5) is 4.39 Å². The summed E-state index contributed by atoms with van der Waals surface area (Å²) in [5.41, 5.74) is 4.51. The normalized spacial score (nSPS) is 14.4. The van der Waals surface area contributed by atoms with Crippen molar-refractivity contribution in [1.82, 2.24) is 25.2 Å². The Kier molecular flexibility index (Phi) is 6.16. The Balaban J connectivity index is 1.37. The number of aromatic nitrogens is 3. The Morgan fingerprint density at radius 1 is 1.11 bits per heavy atom. The van der Waals surface area contributed by atoms with Gasteiger partial charge in [-0.15, -0.1) is 0 Å². The molecule has 0 fully saturated rings. The van der Waals surface area contributed by atoms with Gasteiger partial charge < -0.3 is 15.7 Å². The second-order valence-electron chi connectivity index (χ2n) is 9.07. The van der Waals surface area contributed by atoms with E-state index in [4.69, 9.17) is 0 Å². The largest absolute Gasteiger partial charge is 0.478 e. The van der Waals surface area contributed by atoms with Gasteiger partial charge in [0.2, 0.25) is 0 Å². The van der Waals surface area contributed by atoms with Crippen LogP contribution in [0.25, 0.3) is 5.65 Å². The second-order valence-corrected chi connectivity index (χ2v) is 9.07. The highest BCUT2D eigenvalue weighted by atomic mass is 19.1. The van der Waals surface area contributed by atoms with E-state index in [2.05, 4.69) is 20.7 Å². The Morgan fingerprint density at radius 3 is 2.68 bits per heavy atom. The van der Waals surface area contributed by atoms with E-state index in [1.165, 1.54) is 22.8 Å². The lowest BCUT2D eigenvalue weighted by Gasteiger charge is -2.16. The summed E-state index contributed by atoms with van der Waals surface area (Å²) in [6, 6.07) is 10.6. The Hall–Kier alpha value is -4.60. The molecule has 0 radical (unpaired) electrons. The fraction of sp³-hybridized carbons (Fsp3) is 0.222. The monoisotopic (exact) mass is 501 g/mol. The molecule has 0 saturated carbocycles. The van der Waals surface area contributed by atoms with Gasteiger partial charge in [0.05, 0.1) is 17.8 Å². The van der Waals surface area contributed by atoms with E-state index >= 15 is 0 Å². The first kappa shape index (κ1) is 24.1. The highest BCUT2D eigenvalue weighted by molar-refractivity contribution is 5.98. The molecule has 2 aromatic carbocycles. The molecule has 1 atom stereocenters. The molecule has 0 bridgehead atoms. The number of fused-ring (bicyclic) bond motifs is 2. The summed E-state index contributed by atoms with van der Waals surface area (Å²) in [6.07, 6.45) is 2.77. The Labute approximate surface area is 211 Å². The average molecular weight is 502 g/mol. The first-order valence-electron chi connectivity index (χ1n) is 11.8. The summed E-state index contributed by atoms with van der Waals surface area (Å²) >= 11 is 0. The van der Waals surface area contributed by atoms with Crippen LogP contribution in [0.15, 0.2) is 48.7 Å². The highest BCUT2D eigenvalue weighted by Crippen LogP contribution is 2.35. The van der Waals surface area contributed by atoms with Gasteiger partial charge in [-0.1, -0.05) is 18.2 Å². The predicted octanol–water partition coefficient (Wildman–Crippen LogP) is 3.53. The number of rotatable bonds is 6. The van der Waals surface area contributed by atoms with Crippen molar-refractivity contribution in [1.29, 1.82) is 0 Å². The van der Waals surface area contributed by atoms with Gasteiger partial charge >= 0.3 is 5.97 Å². The standard InChI is InChI=1S/C27H24FN5O4/c1-14-11-16(3-7-20(14)28)13-29-25(34)22-12-23(33-24(31-22)9-10-30-33)26(35)32-21-8-6-17-15(2)18(27(36)37)4-5-19(17)21/h3-5,7,9-12,21H,6,8,13H2,1-2H3,(H,29,34)(H,32,35)(H,36,37)/t21-/m0/s1. The topological polar surface area (TPSA) is 126 Å². The molecule has 2 amide bonds. The number of nitrogens with zero attached hydrogens (tertiary/aromatic N) is 3. The maximum absolute atomic E-state index is 13.5. The molecule has 1 aliphatic carbocycles. The predicted molar refractivity (Wildman–Crippen MR) is 132 cm³/mol. The number of nitrogens with one attached hydrogen (secondary N) is 2.